The highest BCUT2D eigenvalue weighted by molar-refractivity contribution is 6.06. The monoisotopic (exact) mass is 465 g/mol. The molecule has 1 aromatic heterocycles. The van der Waals surface area contributed by atoms with Crippen LogP contribution in [0.4, 0.5) is 0 Å². The number of cyclic esters (lactones) is 2. The molecule has 35 heavy (non-hydrogen) atoms. The number of ether oxygens (including phenoxy) is 2. The van der Waals surface area contributed by atoms with Crippen molar-refractivity contribution in [3.8, 4) is 0 Å². The Morgan fingerprint density at radius 1 is 0.771 bits per heavy atom. The maximum absolute atomic E-state index is 14.2. The molecular weight excluding hydrogens is 438 g/mol. The molecule has 176 valence electrons. The molecular formula is C30H27NO4. The van der Waals surface area contributed by atoms with E-state index in [9.17, 15) is 9.59 Å². The van der Waals surface area contributed by atoms with Crippen LogP contribution >= 0.6 is 0 Å². The number of aryl methyl sites for hydroxylation is 1. The first kappa shape index (κ1) is 21.7. The Kier molecular flexibility index (Phi) is 4.69. The summed E-state index contributed by atoms with van der Waals surface area (Å²) in [5, 5.41) is 1.04. The van der Waals surface area contributed by atoms with Gasteiger partial charge in [-0.1, -0.05) is 78.9 Å². The first-order valence-electron chi connectivity index (χ1n) is 12.0. The van der Waals surface area contributed by atoms with E-state index in [0.717, 1.165) is 33.3 Å². The van der Waals surface area contributed by atoms with Gasteiger partial charge in [-0.2, -0.15) is 0 Å². The molecule has 1 aliphatic heterocycles. The van der Waals surface area contributed by atoms with Gasteiger partial charge >= 0.3 is 11.9 Å². The molecule has 0 bridgehead atoms. The predicted octanol–water partition coefficient (Wildman–Crippen LogP) is 5.47. The number of esters is 2. The van der Waals surface area contributed by atoms with Gasteiger partial charge in [0.15, 0.2) is 5.41 Å². The number of para-hydroxylation sites is 1. The predicted molar refractivity (Wildman–Crippen MR) is 133 cm³/mol. The molecule has 1 saturated heterocycles. The number of carbonyl (C=O) groups is 2. The summed E-state index contributed by atoms with van der Waals surface area (Å²) in [6.07, 6.45) is 0.512. The second kappa shape index (κ2) is 7.57. The third kappa shape index (κ3) is 3.00. The van der Waals surface area contributed by atoms with Gasteiger partial charge in [-0.15, -0.1) is 0 Å². The first-order valence-corrected chi connectivity index (χ1v) is 12.0. The molecule has 5 heteroatoms. The maximum Gasteiger partial charge on any atom is 0.328 e. The number of nitrogens with zero attached hydrogens (tertiary/aromatic N) is 1. The van der Waals surface area contributed by atoms with Crippen molar-refractivity contribution in [1.29, 1.82) is 0 Å². The third-order valence-electron chi connectivity index (χ3n) is 7.65. The van der Waals surface area contributed by atoms with Crippen LogP contribution < -0.4 is 0 Å². The summed E-state index contributed by atoms with van der Waals surface area (Å²) in [5.74, 6) is -3.40. The van der Waals surface area contributed by atoms with E-state index in [1.54, 1.807) is 13.8 Å². The van der Waals surface area contributed by atoms with Gasteiger partial charge < -0.3 is 14.0 Å². The second-order valence-corrected chi connectivity index (χ2v) is 10.00. The largest absolute Gasteiger partial charge is 0.422 e. The van der Waals surface area contributed by atoms with Crippen molar-refractivity contribution >= 4 is 22.8 Å². The standard InChI is InChI=1S/C30H27NO4/c1-29(2)34-27(32)30(28(33)35-29)22(19-12-6-4-7-13-19)18-24-25(26(30)20-14-8-5-9-15-20)21-16-10-11-17-23(21)31(24)3/h4-17,22,26H,18H2,1-3H3. The van der Waals surface area contributed by atoms with Crippen LogP contribution in [0.15, 0.2) is 84.9 Å². The SMILES string of the molecule is Cn1c2c(c3ccccc31)C(c1ccccc1)C1(C(=O)OC(C)(C)OC1=O)C(c1ccccc1)C2. The fourth-order valence-electron chi connectivity index (χ4n) is 6.21. The van der Waals surface area contributed by atoms with E-state index < -0.39 is 35.0 Å². The molecule has 0 N–H and O–H groups in total. The van der Waals surface area contributed by atoms with Gasteiger partial charge in [0.1, 0.15) is 0 Å². The second-order valence-electron chi connectivity index (χ2n) is 10.00. The Morgan fingerprint density at radius 2 is 1.31 bits per heavy atom. The number of fused-ring (bicyclic) bond motifs is 3. The molecule has 2 unspecified atom stereocenters. The number of benzene rings is 3. The normalized spacial score (nSPS) is 22.5. The minimum atomic E-state index is -1.56. The molecule has 5 nitrogen and oxygen atoms in total. The van der Waals surface area contributed by atoms with Crippen molar-refractivity contribution in [1.82, 2.24) is 4.57 Å². The average molecular weight is 466 g/mol. The van der Waals surface area contributed by atoms with Gasteiger partial charge in [-0.25, -0.2) is 0 Å². The summed E-state index contributed by atoms with van der Waals surface area (Å²) in [7, 11) is 2.06. The molecule has 0 radical (unpaired) electrons. The van der Waals surface area contributed by atoms with Crippen LogP contribution in [0.1, 0.15) is 48.1 Å². The molecule has 6 rings (SSSR count). The zero-order valence-corrected chi connectivity index (χ0v) is 20.0. The Bertz CT molecular complexity index is 1430. The molecule has 2 aliphatic rings. The summed E-state index contributed by atoms with van der Waals surface area (Å²) in [5.41, 5.74) is 3.42. The Hall–Kier alpha value is -3.86. The Balaban J connectivity index is 1.74. The maximum atomic E-state index is 14.2. The number of carbonyl (C=O) groups excluding carboxylic acids is 2. The van der Waals surface area contributed by atoms with Gasteiger partial charge in [0.25, 0.3) is 5.79 Å². The van der Waals surface area contributed by atoms with Crippen LogP contribution in [-0.2, 0) is 32.5 Å². The Morgan fingerprint density at radius 3 is 1.94 bits per heavy atom. The lowest BCUT2D eigenvalue weighted by Crippen LogP contribution is -2.61. The molecule has 4 aromatic rings. The first-order chi connectivity index (χ1) is 16.8. The highest BCUT2D eigenvalue weighted by Gasteiger charge is 2.67. The lowest BCUT2D eigenvalue weighted by atomic mass is 9.55. The van der Waals surface area contributed by atoms with Crippen LogP contribution in [-0.4, -0.2) is 22.3 Å². The van der Waals surface area contributed by atoms with Crippen molar-refractivity contribution in [2.75, 3.05) is 0 Å². The van der Waals surface area contributed by atoms with Gasteiger partial charge in [0, 0.05) is 49.3 Å². The molecule has 0 saturated carbocycles. The van der Waals surface area contributed by atoms with Gasteiger partial charge in [-0.3, -0.25) is 9.59 Å². The molecule has 1 spiro atoms. The van der Waals surface area contributed by atoms with Gasteiger partial charge in [-0.05, 0) is 29.2 Å². The van der Waals surface area contributed by atoms with Crippen LogP contribution in [0.25, 0.3) is 10.9 Å². The molecule has 1 aliphatic carbocycles. The van der Waals surface area contributed by atoms with E-state index in [-0.39, 0.29) is 0 Å². The van der Waals surface area contributed by atoms with Crippen molar-refractivity contribution in [3.05, 3.63) is 107 Å². The van der Waals surface area contributed by atoms with Crippen molar-refractivity contribution < 1.29 is 19.1 Å². The Labute approximate surface area is 204 Å². The van der Waals surface area contributed by atoms with Crippen molar-refractivity contribution in [2.24, 2.45) is 12.5 Å². The van der Waals surface area contributed by atoms with Crippen LogP contribution in [0.3, 0.4) is 0 Å². The summed E-state index contributed by atoms with van der Waals surface area (Å²) < 4.78 is 14.0. The minimum Gasteiger partial charge on any atom is -0.422 e. The summed E-state index contributed by atoms with van der Waals surface area (Å²) >= 11 is 0. The molecule has 1 fully saturated rings. The van der Waals surface area contributed by atoms with Crippen molar-refractivity contribution in [3.63, 3.8) is 0 Å². The lowest BCUT2D eigenvalue weighted by Gasteiger charge is -2.50. The highest BCUT2D eigenvalue weighted by Crippen LogP contribution is 2.60. The fraction of sp³-hybridized carbons (Fsp3) is 0.267. The van der Waals surface area contributed by atoms with E-state index in [4.69, 9.17) is 9.47 Å². The van der Waals surface area contributed by atoms with Crippen molar-refractivity contribution in [2.45, 2.75) is 37.9 Å². The number of hydrogen-bond acceptors (Lipinski definition) is 4. The van der Waals surface area contributed by atoms with E-state index in [2.05, 4.69) is 23.7 Å². The number of rotatable bonds is 2. The number of hydrogen-bond donors (Lipinski definition) is 0. The van der Waals surface area contributed by atoms with E-state index >= 15 is 0 Å². The minimum absolute atomic E-state index is 0.458. The van der Waals surface area contributed by atoms with Gasteiger partial charge in [0.05, 0.1) is 0 Å². The van der Waals surface area contributed by atoms with Gasteiger partial charge in [0.2, 0.25) is 0 Å². The topological polar surface area (TPSA) is 57.5 Å². The molecule has 2 atom stereocenters. The number of aromatic nitrogens is 1. The van der Waals surface area contributed by atoms with E-state index in [0.29, 0.717) is 6.42 Å². The quantitative estimate of drug-likeness (QED) is 0.291. The average Bonchev–Trinajstić information content (AvgIpc) is 3.14. The van der Waals surface area contributed by atoms with Crippen LogP contribution in [0.5, 0.6) is 0 Å². The van der Waals surface area contributed by atoms with E-state index in [1.807, 2.05) is 72.8 Å². The summed E-state index contributed by atoms with van der Waals surface area (Å²) in [4.78, 5) is 28.4. The van der Waals surface area contributed by atoms with Crippen LogP contribution in [0, 0.1) is 5.41 Å². The molecule has 0 amide bonds. The zero-order valence-electron chi connectivity index (χ0n) is 20.0. The fourth-order valence-corrected chi connectivity index (χ4v) is 6.21. The van der Waals surface area contributed by atoms with E-state index in [1.165, 1.54) is 0 Å². The lowest BCUT2D eigenvalue weighted by molar-refractivity contribution is -0.254. The zero-order chi connectivity index (χ0) is 24.4. The molecule has 2 heterocycles. The molecule has 3 aromatic carbocycles. The summed E-state index contributed by atoms with van der Waals surface area (Å²) in [6.45, 7) is 3.22. The smallest absolute Gasteiger partial charge is 0.328 e. The highest BCUT2D eigenvalue weighted by atomic mass is 16.7. The van der Waals surface area contributed by atoms with Crippen LogP contribution in [0.2, 0.25) is 0 Å². The third-order valence-corrected chi connectivity index (χ3v) is 7.65. The summed E-state index contributed by atoms with van der Waals surface area (Å²) in [6, 6.07) is 27.8.